The summed E-state index contributed by atoms with van der Waals surface area (Å²) in [6.07, 6.45) is 0. The lowest BCUT2D eigenvalue weighted by Crippen LogP contribution is -2.03. The van der Waals surface area contributed by atoms with Gasteiger partial charge in [0.15, 0.2) is 0 Å². The van der Waals surface area contributed by atoms with Gasteiger partial charge in [0.2, 0.25) is 5.16 Å². The molecule has 0 saturated heterocycles. The summed E-state index contributed by atoms with van der Waals surface area (Å²) in [5.41, 5.74) is 0.876. The molecule has 1 aromatic heterocycles. The Labute approximate surface area is 137 Å². The molecular weight excluding hydrogens is 320 g/mol. The fourth-order valence-electron chi connectivity index (χ4n) is 1.82. The number of benzene rings is 2. The second-order valence-electron chi connectivity index (χ2n) is 4.36. The maximum atomic E-state index is 5.89. The quantitative estimate of drug-likeness (QED) is 0.511. The minimum absolute atomic E-state index is 0.585. The first-order valence-electron chi connectivity index (χ1n) is 6.68. The standard InChI is InChI=1S/C15H13ClN4OS/c16-12-6-8-13(9-7-12)20-15(17-18-19-20)22-11-10-21-14-4-2-1-3-5-14/h1-9H,10-11H2. The maximum Gasteiger partial charge on any atom is 0.214 e. The third-order valence-electron chi connectivity index (χ3n) is 2.84. The molecule has 1 heterocycles. The number of nitrogens with zero attached hydrogens (tertiary/aromatic N) is 4. The minimum atomic E-state index is 0.585. The maximum absolute atomic E-state index is 5.89. The number of thioether (sulfide) groups is 1. The van der Waals surface area contributed by atoms with Crippen LogP contribution in [0.25, 0.3) is 5.69 Å². The van der Waals surface area contributed by atoms with Crippen LogP contribution in [0, 0.1) is 0 Å². The topological polar surface area (TPSA) is 52.8 Å². The Morgan fingerprint density at radius 1 is 1.05 bits per heavy atom. The van der Waals surface area contributed by atoms with Gasteiger partial charge in [-0.2, -0.15) is 4.68 Å². The zero-order valence-corrected chi connectivity index (χ0v) is 13.2. The molecule has 0 amide bonds. The lowest BCUT2D eigenvalue weighted by molar-refractivity contribution is 0.344. The molecule has 0 saturated carbocycles. The van der Waals surface area contributed by atoms with Crippen molar-refractivity contribution in [3.05, 3.63) is 59.6 Å². The van der Waals surface area contributed by atoms with Crippen LogP contribution in [0.1, 0.15) is 0 Å². The lowest BCUT2D eigenvalue weighted by atomic mass is 10.3. The van der Waals surface area contributed by atoms with E-state index in [1.165, 1.54) is 0 Å². The Kier molecular flexibility index (Phi) is 4.92. The minimum Gasteiger partial charge on any atom is -0.493 e. The number of rotatable bonds is 6. The molecule has 0 fully saturated rings. The highest BCUT2D eigenvalue weighted by Gasteiger charge is 2.08. The molecule has 3 rings (SSSR count). The first-order valence-corrected chi connectivity index (χ1v) is 8.04. The predicted molar refractivity (Wildman–Crippen MR) is 86.8 cm³/mol. The monoisotopic (exact) mass is 332 g/mol. The summed E-state index contributed by atoms with van der Waals surface area (Å²) in [5, 5.41) is 13.2. The van der Waals surface area contributed by atoms with Gasteiger partial charge in [0, 0.05) is 10.8 Å². The van der Waals surface area contributed by atoms with E-state index in [1.807, 2.05) is 54.6 Å². The van der Waals surface area contributed by atoms with Gasteiger partial charge in [0.1, 0.15) is 5.75 Å². The van der Waals surface area contributed by atoms with Crippen LogP contribution in [0.3, 0.4) is 0 Å². The van der Waals surface area contributed by atoms with Gasteiger partial charge in [0.25, 0.3) is 0 Å². The smallest absolute Gasteiger partial charge is 0.214 e. The number of tetrazole rings is 1. The molecule has 0 unspecified atom stereocenters. The lowest BCUT2D eigenvalue weighted by Gasteiger charge is -2.06. The molecule has 7 heteroatoms. The van der Waals surface area contributed by atoms with Crippen LogP contribution in [0.5, 0.6) is 5.75 Å². The molecule has 0 radical (unpaired) electrons. The molecule has 2 aromatic carbocycles. The van der Waals surface area contributed by atoms with E-state index in [0.717, 1.165) is 22.3 Å². The largest absolute Gasteiger partial charge is 0.493 e. The molecule has 22 heavy (non-hydrogen) atoms. The first-order chi connectivity index (χ1) is 10.8. The molecule has 0 spiro atoms. The van der Waals surface area contributed by atoms with Gasteiger partial charge in [-0.25, -0.2) is 0 Å². The fraction of sp³-hybridized carbons (Fsp3) is 0.133. The van der Waals surface area contributed by atoms with Gasteiger partial charge in [-0.3, -0.25) is 0 Å². The molecule has 0 atom stereocenters. The Morgan fingerprint density at radius 2 is 1.82 bits per heavy atom. The highest BCUT2D eigenvalue weighted by atomic mass is 35.5. The first kappa shape index (κ1) is 14.9. The van der Waals surface area contributed by atoms with E-state index in [9.17, 15) is 0 Å². The second kappa shape index (κ2) is 7.29. The van der Waals surface area contributed by atoms with Crippen molar-refractivity contribution in [2.24, 2.45) is 0 Å². The third-order valence-corrected chi connectivity index (χ3v) is 3.97. The number of ether oxygens (including phenoxy) is 1. The van der Waals surface area contributed by atoms with Gasteiger partial charge in [0.05, 0.1) is 12.3 Å². The van der Waals surface area contributed by atoms with Gasteiger partial charge < -0.3 is 4.74 Å². The summed E-state index contributed by atoms with van der Waals surface area (Å²) < 4.78 is 7.33. The van der Waals surface area contributed by atoms with Gasteiger partial charge >= 0.3 is 0 Å². The summed E-state index contributed by atoms with van der Waals surface area (Å²) >= 11 is 7.43. The number of aromatic nitrogens is 4. The molecule has 3 aromatic rings. The second-order valence-corrected chi connectivity index (χ2v) is 5.86. The van der Waals surface area contributed by atoms with Gasteiger partial charge in [-0.05, 0) is 46.8 Å². The number of halogens is 1. The van der Waals surface area contributed by atoms with Crippen molar-refractivity contribution in [3.63, 3.8) is 0 Å². The molecule has 5 nitrogen and oxygen atoms in total. The average molecular weight is 333 g/mol. The Hall–Kier alpha value is -2.05. The number of para-hydroxylation sites is 1. The molecule has 0 bridgehead atoms. The van der Waals surface area contributed by atoms with Crippen molar-refractivity contribution in [2.45, 2.75) is 5.16 Å². The molecule has 0 aliphatic heterocycles. The molecular formula is C15H13ClN4OS. The van der Waals surface area contributed by atoms with Crippen LogP contribution in [-0.2, 0) is 0 Å². The Bertz CT molecular complexity index is 718. The van der Waals surface area contributed by atoms with Crippen LogP contribution < -0.4 is 4.74 Å². The van der Waals surface area contributed by atoms with E-state index in [1.54, 1.807) is 16.4 Å². The van der Waals surface area contributed by atoms with E-state index in [0.29, 0.717) is 11.6 Å². The average Bonchev–Trinajstić information content (AvgIpc) is 3.02. The van der Waals surface area contributed by atoms with Crippen molar-refractivity contribution >= 4 is 23.4 Å². The Morgan fingerprint density at radius 3 is 2.59 bits per heavy atom. The third kappa shape index (κ3) is 3.78. The van der Waals surface area contributed by atoms with E-state index in [2.05, 4.69) is 15.5 Å². The normalized spacial score (nSPS) is 10.6. The number of hydrogen-bond donors (Lipinski definition) is 0. The SMILES string of the molecule is Clc1ccc(-n2nnnc2SCCOc2ccccc2)cc1. The summed E-state index contributed by atoms with van der Waals surface area (Å²) in [5.74, 6) is 1.61. The van der Waals surface area contributed by atoms with Gasteiger partial charge in [-0.15, -0.1) is 5.10 Å². The van der Waals surface area contributed by atoms with Crippen molar-refractivity contribution in [1.29, 1.82) is 0 Å². The summed E-state index contributed by atoms with van der Waals surface area (Å²) in [6, 6.07) is 17.1. The zero-order chi connectivity index (χ0) is 15.2. The summed E-state index contributed by atoms with van der Waals surface area (Å²) in [6.45, 7) is 0.585. The van der Waals surface area contributed by atoms with Gasteiger partial charge in [-0.1, -0.05) is 41.6 Å². The van der Waals surface area contributed by atoms with Crippen LogP contribution >= 0.6 is 23.4 Å². The molecule has 0 aliphatic carbocycles. The fourth-order valence-corrected chi connectivity index (χ4v) is 2.66. The van der Waals surface area contributed by atoms with Crippen molar-refractivity contribution in [3.8, 4) is 11.4 Å². The van der Waals surface area contributed by atoms with Crippen molar-refractivity contribution in [1.82, 2.24) is 20.2 Å². The number of hydrogen-bond acceptors (Lipinski definition) is 5. The zero-order valence-electron chi connectivity index (χ0n) is 11.6. The molecule has 0 N–H and O–H groups in total. The van der Waals surface area contributed by atoms with Crippen LogP contribution in [0.15, 0.2) is 59.8 Å². The molecule has 112 valence electrons. The van der Waals surface area contributed by atoms with E-state index >= 15 is 0 Å². The van der Waals surface area contributed by atoms with E-state index < -0.39 is 0 Å². The van der Waals surface area contributed by atoms with Crippen LogP contribution in [-0.4, -0.2) is 32.6 Å². The predicted octanol–water partition coefficient (Wildman–Crippen LogP) is 3.49. The van der Waals surface area contributed by atoms with Crippen molar-refractivity contribution < 1.29 is 4.74 Å². The summed E-state index contributed by atoms with van der Waals surface area (Å²) in [4.78, 5) is 0. The highest BCUT2D eigenvalue weighted by molar-refractivity contribution is 7.99. The van der Waals surface area contributed by atoms with Crippen LogP contribution in [0.2, 0.25) is 5.02 Å². The molecule has 0 aliphatic rings. The summed E-state index contributed by atoms with van der Waals surface area (Å²) in [7, 11) is 0. The van der Waals surface area contributed by atoms with E-state index in [4.69, 9.17) is 16.3 Å². The van der Waals surface area contributed by atoms with Crippen LogP contribution in [0.4, 0.5) is 0 Å². The van der Waals surface area contributed by atoms with E-state index in [-0.39, 0.29) is 0 Å². The highest BCUT2D eigenvalue weighted by Crippen LogP contribution is 2.19. The van der Waals surface area contributed by atoms with Crippen molar-refractivity contribution in [2.75, 3.05) is 12.4 Å². The Balaban J connectivity index is 1.57.